The SMILES string of the molecule is COC(=O)C(Cc1cnc[nH]1)NN1CCCC1. The van der Waals surface area contributed by atoms with Gasteiger partial charge in [0.2, 0.25) is 0 Å². The molecule has 6 heteroatoms. The third kappa shape index (κ3) is 3.28. The minimum Gasteiger partial charge on any atom is -0.468 e. The van der Waals surface area contributed by atoms with Crippen LogP contribution >= 0.6 is 0 Å². The highest BCUT2D eigenvalue weighted by Crippen LogP contribution is 2.07. The molecule has 2 rings (SSSR count). The number of hydrogen-bond donors (Lipinski definition) is 2. The van der Waals surface area contributed by atoms with Crippen LogP contribution in [0.2, 0.25) is 0 Å². The Morgan fingerprint density at radius 2 is 2.41 bits per heavy atom. The summed E-state index contributed by atoms with van der Waals surface area (Å²) in [4.78, 5) is 18.6. The molecule has 0 amide bonds. The first-order valence-electron chi connectivity index (χ1n) is 5.86. The van der Waals surface area contributed by atoms with Crippen LogP contribution in [0, 0.1) is 0 Å². The van der Waals surface area contributed by atoms with E-state index in [-0.39, 0.29) is 12.0 Å². The number of nitrogens with one attached hydrogen (secondary N) is 2. The van der Waals surface area contributed by atoms with E-state index in [0.717, 1.165) is 18.8 Å². The molecule has 0 bridgehead atoms. The van der Waals surface area contributed by atoms with E-state index in [9.17, 15) is 4.79 Å². The predicted molar refractivity (Wildman–Crippen MR) is 62.0 cm³/mol. The number of ether oxygens (including phenoxy) is 1. The molecule has 0 saturated carbocycles. The van der Waals surface area contributed by atoms with Crippen molar-refractivity contribution in [3.63, 3.8) is 0 Å². The van der Waals surface area contributed by atoms with Gasteiger partial charge in [-0.2, -0.15) is 0 Å². The molecule has 0 radical (unpaired) electrons. The molecule has 2 N–H and O–H groups in total. The van der Waals surface area contributed by atoms with Gasteiger partial charge in [-0.3, -0.25) is 4.79 Å². The normalized spacial score (nSPS) is 18.2. The molecule has 0 aromatic carbocycles. The summed E-state index contributed by atoms with van der Waals surface area (Å²) in [6.45, 7) is 1.97. The summed E-state index contributed by atoms with van der Waals surface area (Å²) in [5.74, 6) is -0.244. The van der Waals surface area contributed by atoms with Crippen molar-refractivity contribution in [2.24, 2.45) is 0 Å². The van der Waals surface area contributed by atoms with Crippen LogP contribution in [-0.4, -0.2) is 47.2 Å². The van der Waals surface area contributed by atoms with Crippen molar-refractivity contribution in [2.45, 2.75) is 25.3 Å². The highest BCUT2D eigenvalue weighted by Gasteiger charge is 2.24. The lowest BCUT2D eigenvalue weighted by Gasteiger charge is -2.23. The Bertz CT molecular complexity index is 346. The van der Waals surface area contributed by atoms with Gasteiger partial charge in [-0.25, -0.2) is 15.4 Å². The number of imidazole rings is 1. The van der Waals surface area contributed by atoms with Crippen molar-refractivity contribution in [3.8, 4) is 0 Å². The van der Waals surface area contributed by atoms with Crippen LogP contribution in [0.4, 0.5) is 0 Å². The summed E-state index contributed by atoms with van der Waals surface area (Å²) in [7, 11) is 1.41. The minimum absolute atomic E-state index is 0.244. The van der Waals surface area contributed by atoms with Crippen molar-refractivity contribution in [2.75, 3.05) is 20.2 Å². The molecule has 1 atom stereocenters. The number of aromatic amines is 1. The van der Waals surface area contributed by atoms with Gasteiger partial charge in [-0.05, 0) is 12.8 Å². The summed E-state index contributed by atoms with van der Waals surface area (Å²) >= 11 is 0. The quantitative estimate of drug-likeness (QED) is 0.712. The highest BCUT2D eigenvalue weighted by atomic mass is 16.5. The van der Waals surface area contributed by atoms with Crippen LogP contribution in [0.25, 0.3) is 0 Å². The first-order chi connectivity index (χ1) is 8.29. The van der Waals surface area contributed by atoms with Crippen LogP contribution in [0.15, 0.2) is 12.5 Å². The second kappa shape index (κ2) is 5.79. The van der Waals surface area contributed by atoms with Gasteiger partial charge in [0.1, 0.15) is 6.04 Å². The molecular weight excluding hydrogens is 220 g/mol. The fourth-order valence-corrected chi connectivity index (χ4v) is 2.01. The number of nitrogens with zero attached hydrogens (tertiary/aromatic N) is 2. The number of esters is 1. The monoisotopic (exact) mass is 238 g/mol. The van der Waals surface area contributed by atoms with Crippen LogP contribution < -0.4 is 5.43 Å². The largest absolute Gasteiger partial charge is 0.468 e. The number of hydrazine groups is 1. The smallest absolute Gasteiger partial charge is 0.324 e. The molecule has 1 unspecified atom stereocenters. The van der Waals surface area contributed by atoms with Crippen LogP contribution in [0.5, 0.6) is 0 Å². The molecule has 1 fully saturated rings. The van der Waals surface area contributed by atoms with Gasteiger partial charge in [-0.15, -0.1) is 0 Å². The van der Waals surface area contributed by atoms with Crippen LogP contribution in [-0.2, 0) is 16.0 Å². The Morgan fingerprint density at radius 1 is 1.65 bits per heavy atom. The first-order valence-corrected chi connectivity index (χ1v) is 5.86. The van der Waals surface area contributed by atoms with Gasteiger partial charge in [0.05, 0.1) is 13.4 Å². The van der Waals surface area contributed by atoms with E-state index in [1.165, 1.54) is 20.0 Å². The van der Waals surface area contributed by atoms with E-state index >= 15 is 0 Å². The maximum absolute atomic E-state index is 11.7. The number of rotatable bonds is 5. The predicted octanol–water partition coefficient (Wildman–Crippen LogP) is 0.0942. The zero-order valence-corrected chi connectivity index (χ0v) is 9.98. The second-order valence-electron chi connectivity index (χ2n) is 4.18. The maximum atomic E-state index is 11.7. The maximum Gasteiger partial charge on any atom is 0.324 e. The van der Waals surface area contributed by atoms with Crippen molar-refractivity contribution < 1.29 is 9.53 Å². The standard InChI is InChI=1S/C11H18N4O2/c1-17-11(16)10(6-9-7-12-8-13-9)14-15-4-2-3-5-15/h7-8,10,14H,2-6H2,1H3,(H,12,13). The lowest BCUT2D eigenvalue weighted by Crippen LogP contribution is -2.48. The van der Waals surface area contributed by atoms with Crippen molar-refractivity contribution in [1.82, 2.24) is 20.4 Å². The summed E-state index contributed by atoms with van der Waals surface area (Å²) in [6.07, 6.45) is 6.24. The van der Waals surface area contributed by atoms with E-state index < -0.39 is 0 Å². The van der Waals surface area contributed by atoms with E-state index in [1.807, 2.05) is 0 Å². The summed E-state index contributed by atoms with van der Waals surface area (Å²) in [5, 5.41) is 2.08. The van der Waals surface area contributed by atoms with Gasteiger partial charge < -0.3 is 9.72 Å². The highest BCUT2D eigenvalue weighted by molar-refractivity contribution is 5.75. The van der Waals surface area contributed by atoms with E-state index in [4.69, 9.17) is 4.74 Å². The summed E-state index contributed by atoms with van der Waals surface area (Å²) in [6, 6.07) is -0.349. The van der Waals surface area contributed by atoms with Gasteiger partial charge in [0.25, 0.3) is 0 Å². The Balaban J connectivity index is 1.94. The molecule has 1 aromatic rings. The van der Waals surface area contributed by atoms with Crippen molar-refractivity contribution >= 4 is 5.97 Å². The zero-order valence-electron chi connectivity index (χ0n) is 9.98. The zero-order chi connectivity index (χ0) is 12.1. The molecule has 2 heterocycles. The number of aromatic nitrogens is 2. The molecule has 1 saturated heterocycles. The molecular formula is C11H18N4O2. The van der Waals surface area contributed by atoms with E-state index in [1.54, 1.807) is 12.5 Å². The third-order valence-corrected chi connectivity index (χ3v) is 2.91. The van der Waals surface area contributed by atoms with E-state index in [0.29, 0.717) is 6.42 Å². The lowest BCUT2D eigenvalue weighted by atomic mass is 10.2. The topological polar surface area (TPSA) is 70.2 Å². The average Bonchev–Trinajstić information content (AvgIpc) is 3.00. The van der Waals surface area contributed by atoms with E-state index in [2.05, 4.69) is 20.4 Å². The Kier molecular flexibility index (Phi) is 4.11. The van der Waals surface area contributed by atoms with Gasteiger partial charge >= 0.3 is 5.97 Å². The van der Waals surface area contributed by atoms with Gasteiger partial charge in [-0.1, -0.05) is 0 Å². The number of carbonyl (C=O) groups excluding carboxylic acids is 1. The second-order valence-corrected chi connectivity index (χ2v) is 4.18. The van der Waals surface area contributed by atoms with Gasteiger partial charge in [0, 0.05) is 31.4 Å². The molecule has 6 nitrogen and oxygen atoms in total. The first kappa shape index (κ1) is 12.1. The molecule has 0 aliphatic carbocycles. The minimum atomic E-state index is -0.349. The molecule has 0 spiro atoms. The van der Waals surface area contributed by atoms with Crippen molar-refractivity contribution in [1.29, 1.82) is 0 Å². The van der Waals surface area contributed by atoms with Crippen LogP contribution in [0.1, 0.15) is 18.5 Å². The lowest BCUT2D eigenvalue weighted by molar-refractivity contribution is -0.144. The summed E-state index contributed by atoms with van der Waals surface area (Å²) in [5.41, 5.74) is 4.14. The third-order valence-electron chi connectivity index (χ3n) is 2.91. The number of H-pyrrole nitrogens is 1. The number of hydrogen-bond acceptors (Lipinski definition) is 5. The molecule has 1 aliphatic heterocycles. The Hall–Kier alpha value is -1.40. The molecule has 94 valence electrons. The fourth-order valence-electron chi connectivity index (χ4n) is 2.01. The average molecular weight is 238 g/mol. The molecule has 1 aromatic heterocycles. The molecule has 1 aliphatic rings. The summed E-state index contributed by atoms with van der Waals surface area (Å²) < 4.78 is 4.81. The Labute approximate surface area is 100 Å². The number of methoxy groups -OCH3 is 1. The molecule has 17 heavy (non-hydrogen) atoms. The van der Waals surface area contributed by atoms with Crippen molar-refractivity contribution in [3.05, 3.63) is 18.2 Å². The fraction of sp³-hybridized carbons (Fsp3) is 0.636. The van der Waals surface area contributed by atoms with Gasteiger partial charge in [0.15, 0.2) is 0 Å². The number of carbonyl (C=O) groups is 1. The van der Waals surface area contributed by atoms with Crippen LogP contribution in [0.3, 0.4) is 0 Å². The Morgan fingerprint density at radius 3 is 3.00 bits per heavy atom.